The Balaban J connectivity index is 1.44. The summed E-state index contributed by atoms with van der Waals surface area (Å²) in [6.07, 6.45) is 7.00. The van der Waals surface area contributed by atoms with Crippen LogP contribution < -0.4 is 9.64 Å². The van der Waals surface area contributed by atoms with Crippen molar-refractivity contribution in [1.82, 2.24) is 4.90 Å². The van der Waals surface area contributed by atoms with Crippen molar-refractivity contribution in [1.29, 1.82) is 0 Å². The van der Waals surface area contributed by atoms with Gasteiger partial charge in [0, 0.05) is 31.3 Å². The monoisotopic (exact) mass is 390 g/mol. The van der Waals surface area contributed by atoms with Gasteiger partial charge in [0.25, 0.3) is 0 Å². The van der Waals surface area contributed by atoms with Gasteiger partial charge in [-0.3, -0.25) is 9.59 Å². The van der Waals surface area contributed by atoms with Crippen molar-refractivity contribution in [3.05, 3.63) is 65.7 Å². The van der Waals surface area contributed by atoms with Gasteiger partial charge in [0.15, 0.2) is 0 Å². The normalized spacial score (nSPS) is 19.3. The predicted octanol–water partition coefficient (Wildman–Crippen LogP) is 4.20. The molecule has 29 heavy (non-hydrogen) atoms. The summed E-state index contributed by atoms with van der Waals surface area (Å²) in [5, 5.41) is 0. The number of rotatable bonds is 5. The maximum Gasteiger partial charge on any atom is 0.247 e. The summed E-state index contributed by atoms with van der Waals surface area (Å²) >= 11 is 0. The van der Waals surface area contributed by atoms with E-state index < -0.39 is 0 Å². The minimum absolute atomic E-state index is 0.0223. The van der Waals surface area contributed by atoms with Crippen LogP contribution in [0, 0.1) is 0 Å². The van der Waals surface area contributed by atoms with Crippen molar-refractivity contribution in [3.63, 3.8) is 0 Å². The Morgan fingerprint density at radius 1 is 1.10 bits per heavy atom. The molecule has 0 aromatic heterocycles. The highest BCUT2D eigenvalue weighted by Gasteiger charge is 2.29. The number of ether oxygens (including phenoxy) is 1. The number of nitrogens with zero attached hydrogens (tertiary/aromatic N) is 2. The molecule has 2 aliphatic rings. The second kappa shape index (κ2) is 8.52. The minimum Gasteiger partial charge on any atom is -0.497 e. The van der Waals surface area contributed by atoms with E-state index in [2.05, 4.69) is 6.07 Å². The van der Waals surface area contributed by atoms with Crippen molar-refractivity contribution in [3.8, 4) is 5.75 Å². The van der Waals surface area contributed by atoms with Gasteiger partial charge in [0.1, 0.15) is 5.75 Å². The fourth-order valence-electron chi connectivity index (χ4n) is 4.18. The van der Waals surface area contributed by atoms with Crippen LogP contribution in [-0.2, 0) is 9.59 Å². The second-order valence-electron chi connectivity index (χ2n) is 7.54. The molecule has 150 valence electrons. The molecule has 1 unspecified atom stereocenters. The Labute approximate surface area is 171 Å². The molecule has 0 saturated carbocycles. The highest BCUT2D eigenvalue weighted by molar-refractivity contribution is 5.95. The summed E-state index contributed by atoms with van der Waals surface area (Å²) < 4.78 is 5.33. The van der Waals surface area contributed by atoms with Gasteiger partial charge in [-0.25, -0.2) is 0 Å². The topological polar surface area (TPSA) is 49.9 Å². The third-order valence-electron chi connectivity index (χ3n) is 5.71. The summed E-state index contributed by atoms with van der Waals surface area (Å²) in [7, 11) is 1.66. The maximum atomic E-state index is 12.8. The summed E-state index contributed by atoms with van der Waals surface area (Å²) in [6.45, 7) is 1.55. The lowest BCUT2D eigenvalue weighted by Gasteiger charge is -2.24. The van der Waals surface area contributed by atoms with Crippen LogP contribution in [0.4, 0.5) is 5.69 Å². The highest BCUT2D eigenvalue weighted by Crippen LogP contribution is 2.33. The Bertz CT molecular complexity index is 920. The number of methoxy groups -OCH3 is 1. The Hall–Kier alpha value is -3.08. The molecule has 5 heteroatoms. The van der Waals surface area contributed by atoms with Crippen molar-refractivity contribution < 1.29 is 14.3 Å². The fraction of sp³-hybridized carbons (Fsp3) is 0.333. The average Bonchev–Trinajstić information content (AvgIpc) is 3.42. The van der Waals surface area contributed by atoms with Gasteiger partial charge in [0.2, 0.25) is 11.8 Å². The quantitative estimate of drug-likeness (QED) is 0.719. The molecule has 4 rings (SSSR count). The third-order valence-corrected chi connectivity index (χ3v) is 5.71. The molecule has 0 radical (unpaired) electrons. The van der Waals surface area contributed by atoms with Crippen LogP contribution in [0.1, 0.15) is 42.9 Å². The number of hydrogen-bond donors (Lipinski definition) is 0. The number of amides is 2. The van der Waals surface area contributed by atoms with E-state index in [9.17, 15) is 9.59 Å². The summed E-state index contributed by atoms with van der Waals surface area (Å²) in [6, 6.07) is 15.8. The third kappa shape index (κ3) is 4.19. The molecule has 0 spiro atoms. The summed E-state index contributed by atoms with van der Waals surface area (Å²) in [5.41, 5.74) is 2.99. The lowest BCUT2D eigenvalue weighted by Crippen LogP contribution is -2.28. The van der Waals surface area contributed by atoms with Gasteiger partial charge < -0.3 is 14.5 Å². The van der Waals surface area contributed by atoms with Crippen molar-refractivity contribution in [2.75, 3.05) is 25.1 Å². The van der Waals surface area contributed by atoms with E-state index in [0.29, 0.717) is 6.42 Å². The molecule has 5 nitrogen and oxygen atoms in total. The van der Waals surface area contributed by atoms with Crippen LogP contribution in [0.2, 0.25) is 0 Å². The van der Waals surface area contributed by atoms with E-state index in [1.54, 1.807) is 13.2 Å². The van der Waals surface area contributed by atoms with E-state index in [1.165, 1.54) is 0 Å². The molecule has 2 amide bonds. The molecule has 2 saturated heterocycles. The molecule has 2 heterocycles. The summed E-state index contributed by atoms with van der Waals surface area (Å²) in [5.74, 6) is 1.02. The van der Waals surface area contributed by atoms with Crippen molar-refractivity contribution in [2.45, 2.75) is 31.7 Å². The Morgan fingerprint density at radius 2 is 1.93 bits per heavy atom. The number of anilines is 1. The van der Waals surface area contributed by atoms with Gasteiger partial charge >= 0.3 is 0 Å². The standard InChI is InChI=1S/C24H26N2O3/c1-29-21-6-2-5-19(17-21)22-7-3-16-26(22)24(28)14-11-18-9-12-20(13-10-18)25-15-4-8-23(25)27/h2,5-6,9-14,17,22H,3-4,7-8,15-16H2,1H3/b14-11+. The van der Waals surface area contributed by atoms with Crippen LogP contribution in [0.15, 0.2) is 54.6 Å². The predicted molar refractivity (Wildman–Crippen MR) is 114 cm³/mol. The lowest BCUT2D eigenvalue weighted by molar-refractivity contribution is -0.126. The summed E-state index contributed by atoms with van der Waals surface area (Å²) in [4.78, 5) is 28.4. The van der Waals surface area contributed by atoms with Crippen molar-refractivity contribution in [2.24, 2.45) is 0 Å². The van der Waals surface area contributed by atoms with Crippen LogP contribution in [0.5, 0.6) is 5.75 Å². The molecule has 2 fully saturated rings. The van der Waals surface area contributed by atoms with Crippen LogP contribution in [-0.4, -0.2) is 36.9 Å². The molecule has 2 aromatic rings. The zero-order valence-electron chi connectivity index (χ0n) is 16.7. The lowest BCUT2D eigenvalue weighted by atomic mass is 10.0. The Kier molecular flexibility index (Phi) is 5.65. The average molecular weight is 390 g/mol. The SMILES string of the molecule is COc1cccc(C2CCCN2C(=O)/C=C/c2ccc(N3CCCC3=O)cc2)c1. The largest absolute Gasteiger partial charge is 0.497 e. The van der Waals surface area contributed by atoms with E-state index >= 15 is 0 Å². The molecule has 1 atom stereocenters. The van der Waals surface area contributed by atoms with E-state index in [0.717, 1.165) is 54.9 Å². The zero-order valence-corrected chi connectivity index (χ0v) is 16.7. The highest BCUT2D eigenvalue weighted by atomic mass is 16.5. The van der Waals surface area contributed by atoms with Gasteiger partial charge in [-0.1, -0.05) is 24.3 Å². The molecule has 0 aliphatic carbocycles. The van der Waals surface area contributed by atoms with Gasteiger partial charge in [0.05, 0.1) is 13.2 Å². The number of carbonyl (C=O) groups is 2. The van der Waals surface area contributed by atoms with Crippen LogP contribution in [0.3, 0.4) is 0 Å². The number of carbonyl (C=O) groups excluding carboxylic acids is 2. The smallest absolute Gasteiger partial charge is 0.247 e. The van der Waals surface area contributed by atoms with E-state index in [1.807, 2.05) is 58.3 Å². The van der Waals surface area contributed by atoms with Crippen LogP contribution in [0.25, 0.3) is 6.08 Å². The number of hydrogen-bond acceptors (Lipinski definition) is 3. The first-order valence-corrected chi connectivity index (χ1v) is 10.2. The Morgan fingerprint density at radius 3 is 2.66 bits per heavy atom. The van der Waals surface area contributed by atoms with Gasteiger partial charge in [-0.05, 0) is 60.7 Å². The van der Waals surface area contributed by atoms with E-state index in [4.69, 9.17) is 4.74 Å². The first kappa shape index (κ1) is 19.2. The fourth-order valence-corrected chi connectivity index (χ4v) is 4.18. The first-order valence-electron chi connectivity index (χ1n) is 10.2. The van der Waals surface area contributed by atoms with Crippen LogP contribution >= 0.6 is 0 Å². The molecule has 0 bridgehead atoms. The molecule has 2 aromatic carbocycles. The zero-order chi connectivity index (χ0) is 20.2. The molecule has 2 aliphatic heterocycles. The first-order chi connectivity index (χ1) is 14.2. The minimum atomic E-state index is 0.0223. The van der Waals surface area contributed by atoms with Crippen molar-refractivity contribution >= 4 is 23.6 Å². The van der Waals surface area contributed by atoms with Gasteiger partial charge in [-0.2, -0.15) is 0 Å². The number of benzene rings is 2. The maximum absolute atomic E-state index is 12.8. The van der Waals surface area contributed by atoms with E-state index in [-0.39, 0.29) is 17.9 Å². The molecule has 0 N–H and O–H groups in total. The second-order valence-corrected chi connectivity index (χ2v) is 7.54. The molecular formula is C24H26N2O3. The molecular weight excluding hydrogens is 364 g/mol. The van der Waals surface area contributed by atoms with Gasteiger partial charge in [-0.15, -0.1) is 0 Å². The number of likely N-dealkylation sites (tertiary alicyclic amines) is 1.